The van der Waals surface area contributed by atoms with E-state index in [1.54, 1.807) is 0 Å². The topological polar surface area (TPSA) is 63.6 Å². The first-order valence-electron chi connectivity index (χ1n) is 7.61. The Morgan fingerprint density at radius 2 is 1.90 bits per heavy atom. The molecule has 0 aliphatic heterocycles. The number of ether oxygens (including phenoxy) is 1. The van der Waals surface area contributed by atoms with Crippen LogP contribution in [0.2, 0.25) is 0 Å². The highest BCUT2D eigenvalue weighted by Gasteiger charge is 2.21. The van der Waals surface area contributed by atoms with E-state index < -0.39 is 11.9 Å². The summed E-state index contributed by atoms with van der Waals surface area (Å²) in [7, 11) is 0. The summed E-state index contributed by atoms with van der Waals surface area (Å²) in [6, 6.07) is 0. The van der Waals surface area contributed by atoms with E-state index in [-0.39, 0.29) is 12.4 Å². The van der Waals surface area contributed by atoms with Gasteiger partial charge >= 0.3 is 11.9 Å². The average Bonchev–Trinajstić information content (AvgIpc) is 2.42. The number of unbranched alkanes of at least 4 members (excludes halogenated alkanes) is 5. The Balaban J connectivity index is 3.68. The number of carboxylic acids is 1. The Hall–Kier alpha value is -1.32. The number of esters is 1. The smallest absolute Gasteiger partial charge is 0.307 e. The molecule has 0 saturated heterocycles. The third kappa shape index (κ3) is 10.6. The number of hydrogen-bond donors (Lipinski definition) is 1. The third-order valence-electron chi connectivity index (χ3n) is 3.23. The first-order valence-corrected chi connectivity index (χ1v) is 7.61. The molecule has 4 heteroatoms. The van der Waals surface area contributed by atoms with Crippen molar-refractivity contribution in [2.45, 2.75) is 64.7 Å². The number of rotatable bonds is 13. The van der Waals surface area contributed by atoms with E-state index in [0.717, 1.165) is 44.9 Å². The SMILES string of the molecule is C=CCCCCCCOC(=O)C[C@@H](CCCC)C(=O)O. The standard InChI is InChI=1S/C16H28O4/c1-3-5-7-8-9-10-12-20-15(17)13-14(16(18)19)11-6-4-2/h3,14H,1,4-13H2,2H3,(H,18,19)/t14-/m1/s1. The minimum Gasteiger partial charge on any atom is -0.481 e. The molecule has 0 fully saturated rings. The second-order valence-electron chi connectivity index (χ2n) is 5.09. The second-order valence-corrected chi connectivity index (χ2v) is 5.09. The van der Waals surface area contributed by atoms with Gasteiger partial charge in [0.25, 0.3) is 0 Å². The highest BCUT2D eigenvalue weighted by atomic mass is 16.5. The van der Waals surface area contributed by atoms with Crippen LogP contribution in [0, 0.1) is 5.92 Å². The van der Waals surface area contributed by atoms with E-state index in [1.165, 1.54) is 0 Å². The fourth-order valence-corrected chi connectivity index (χ4v) is 1.95. The summed E-state index contributed by atoms with van der Waals surface area (Å²) in [5.74, 6) is -1.89. The zero-order valence-corrected chi connectivity index (χ0v) is 12.6. The summed E-state index contributed by atoms with van der Waals surface area (Å²) in [6.45, 7) is 6.06. The van der Waals surface area contributed by atoms with Gasteiger partial charge in [-0.3, -0.25) is 9.59 Å². The van der Waals surface area contributed by atoms with Crippen LogP contribution >= 0.6 is 0 Å². The molecular weight excluding hydrogens is 256 g/mol. The zero-order valence-electron chi connectivity index (χ0n) is 12.6. The Labute approximate surface area is 122 Å². The first-order chi connectivity index (χ1) is 9.61. The molecule has 0 aliphatic rings. The van der Waals surface area contributed by atoms with Gasteiger partial charge in [0.1, 0.15) is 0 Å². The molecule has 0 aromatic heterocycles. The maximum absolute atomic E-state index is 11.6. The van der Waals surface area contributed by atoms with Gasteiger partial charge in [0.15, 0.2) is 0 Å². The van der Waals surface area contributed by atoms with E-state index in [4.69, 9.17) is 9.84 Å². The summed E-state index contributed by atoms with van der Waals surface area (Å²) in [5.41, 5.74) is 0. The highest BCUT2D eigenvalue weighted by molar-refractivity contribution is 5.78. The summed E-state index contributed by atoms with van der Waals surface area (Å²) >= 11 is 0. The fourth-order valence-electron chi connectivity index (χ4n) is 1.95. The minimum atomic E-state index is -0.903. The molecule has 1 atom stereocenters. The van der Waals surface area contributed by atoms with Gasteiger partial charge in [0.05, 0.1) is 18.9 Å². The Morgan fingerprint density at radius 3 is 2.50 bits per heavy atom. The van der Waals surface area contributed by atoms with Crippen LogP contribution in [0.15, 0.2) is 12.7 Å². The molecule has 0 amide bonds. The largest absolute Gasteiger partial charge is 0.481 e. The number of aliphatic carboxylic acids is 1. The van der Waals surface area contributed by atoms with E-state index in [1.807, 2.05) is 13.0 Å². The van der Waals surface area contributed by atoms with Gasteiger partial charge < -0.3 is 9.84 Å². The molecule has 0 aromatic carbocycles. The molecule has 0 rings (SSSR count). The lowest BCUT2D eigenvalue weighted by atomic mass is 9.99. The van der Waals surface area contributed by atoms with Crippen LogP contribution in [0.3, 0.4) is 0 Å². The molecule has 0 radical (unpaired) electrons. The number of allylic oxidation sites excluding steroid dienone is 1. The number of carbonyl (C=O) groups excluding carboxylic acids is 1. The molecule has 1 N–H and O–H groups in total. The van der Waals surface area contributed by atoms with Crippen molar-refractivity contribution < 1.29 is 19.4 Å². The van der Waals surface area contributed by atoms with Crippen LogP contribution in [0.1, 0.15) is 64.7 Å². The normalized spacial score (nSPS) is 11.8. The average molecular weight is 284 g/mol. The number of carbonyl (C=O) groups is 2. The molecule has 0 spiro atoms. The van der Waals surface area contributed by atoms with Gasteiger partial charge in [0, 0.05) is 0 Å². The maximum Gasteiger partial charge on any atom is 0.307 e. The zero-order chi connectivity index (χ0) is 15.2. The fraction of sp³-hybridized carbons (Fsp3) is 0.750. The Kier molecular flexibility index (Phi) is 11.9. The van der Waals surface area contributed by atoms with Crippen molar-refractivity contribution >= 4 is 11.9 Å². The van der Waals surface area contributed by atoms with Crippen LogP contribution in [0.5, 0.6) is 0 Å². The summed E-state index contributed by atoms with van der Waals surface area (Å²) in [4.78, 5) is 22.6. The van der Waals surface area contributed by atoms with Crippen molar-refractivity contribution in [3.63, 3.8) is 0 Å². The molecule has 0 unspecified atom stereocenters. The van der Waals surface area contributed by atoms with Gasteiger partial charge in [-0.25, -0.2) is 0 Å². The molecular formula is C16H28O4. The molecule has 4 nitrogen and oxygen atoms in total. The van der Waals surface area contributed by atoms with E-state index in [0.29, 0.717) is 13.0 Å². The van der Waals surface area contributed by atoms with Crippen molar-refractivity contribution in [1.82, 2.24) is 0 Å². The maximum atomic E-state index is 11.6. The minimum absolute atomic E-state index is 0.00814. The summed E-state index contributed by atoms with van der Waals surface area (Å²) < 4.78 is 5.09. The van der Waals surface area contributed by atoms with Crippen LogP contribution in [-0.4, -0.2) is 23.7 Å². The van der Waals surface area contributed by atoms with Crippen LogP contribution in [0.25, 0.3) is 0 Å². The van der Waals surface area contributed by atoms with Gasteiger partial charge in [-0.2, -0.15) is 0 Å². The quantitative estimate of drug-likeness (QED) is 0.316. The van der Waals surface area contributed by atoms with Crippen molar-refractivity contribution in [1.29, 1.82) is 0 Å². The number of hydrogen-bond acceptors (Lipinski definition) is 3. The lowest BCUT2D eigenvalue weighted by Gasteiger charge is -2.11. The van der Waals surface area contributed by atoms with Crippen LogP contribution < -0.4 is 0 Å². The lowest BCUT2D eigenvalue weighted by molar-refractivity contribution is -0.151. The molecule has 116 valence electrons. The Morgan fingerprint density at radius 1 is 1.20 bits per heavy atom. The molecule has 20 heavy (non-hydrogen) atoms. The van der Waals surface area contributed by atoms with Crippen molar-refractivity contribution in [2.24, 2.45) is 5.92 Å². The molecule has 0 aliphatic carbocycles. The third-order valence-corrected chi connectivity index (χ3v) is 3.23. The van der Waals surface area contributed by atoms with Gasteiger partial charge in [-0.05, 0) is 25.7 Å². The predicted octanol–water partition coefficient (Wildman–Crippen LogP) is 3.95. The summed E-state index contributed by atoms with van der Waals surface area (Å²) in [5, 5.41) is 9.02. The van der Waals surface area contributed by atoms with Crippen molar-refractivity contribution in [3.05, 3.63) is 12.7 Å². The van der Waals surface area contributed by atoms with Crippen LogP contribution in [-0.2, 0) is 14.3 Å². The summed E-state index contributed by atoms with van der Waals surface area (Å²) in [6.07, 6.45) is 9.33. The molecule has 0 heterocycles. The Bertz CT molecular complexity index is 286. The van der Waals surface area contributed by atoms with Crippen molar-refractivity contribution in [2.75, 3.05) is 6.61 Å². The van der Waals surface area contributed by atoms with Gasteiger partial charge in [-0.15, -0.1) is 6.58 Å². The predicted molar refractivity (Wildman–Crippen MR) is 79.5 cm³/mol. The van der Waals surface area contributed by atoms with E-state index >= 15 is 0 Å². The van der Waals surface area contributed by atoms with Gasteiger partial charge in [-0.1, -0.05) is 38.7 Å². The van der Waals surface area contributed by atoms with E-state index in [2.05, 4.69) is 6.58 Å². The molecule has 0 saturated carbocycles. The monoisotopic (exact) mass is 284 g/mol. The molecule has 0 bridgehead atoms. The lowest BCUT2D eigenvalue weighted by Crippen LogP contribution is -2.19. The van der Waals surface area contributed by atoms with Crippen LogP contribution in [0.4, 0.5) is 0 Å². The number of carboxylic acid groups (broad SMARTS) is 1. The van der Waals surface area contributed by atoms with Gasteiger partial charge in [0.2, 0.25) is 0 Å². The van der Waals surface area contributed by atoms with E-state index in [9.17, 15) is 9.59 Å². The highest BCUT2D eigenvalue weighted by Crippen LogP contribution is 2.14. The first kappa shape index (κ1) is 18.7. The van der Waals surface area contributed by atoms with Crippen molar-refractivity contribution in [3.8, 4) is 0 Å². The molecule has 0 aromatic rings. The second kappa shape index (κ2) is 12.7.